The van der Waals surface area contributed by atoms with Crippen LogP contribution in [-0.4, -0.2) is 49.1 Å². The summed E-state index contributed by atoms with van der Waals surface area (Å²) in [6.07, 6.45) is 3.32. The largest absolute Gasteiger partial charge is 0.324 e. The molecule has 1 aromatic carbocycles. The highest BCUT2D eigenvalue weighted by molar-refractivity contribution is 6.44. The second-order valence-corrected chi connectivity index (χ2v) is 5.79. The Balaban J connectivity index is 2.17. The number of nitrogens with zero attached hydrogens (tertiary/aromatic N) is 3. The lowest BCUT2D eigenvalue weighted by molar-refractivity contribution is 0.299. The van der Waals surface area contributed by atoms with Crippen LogP contribution in [0.3, 0.4) is 0 Å². The van der Waals surface area contributed by atoms with Crippen LogP contribution >= 0.6 is 23.2 Å². The fourth-order valence-electron chi connectivity index (χ4n) is 1.91. The molecule has 7 heteroatoms. The molecule has 0 bridgehead atoms. The number of likely N-dealkylation sites (N-methyl/N-ethyl adjacent to an activating group) is 1. The van der Waals surface area contributed by atoms with Crippen molar-refractivity contribution in [1.29, 1.82) is 0 Å². The predicted molar refractivity (Wildman–Crippen MR) is 89.9 cm³/mol. The van der Waals surface area contributed by atoms with Gasteiger partial charge in [-0.05, 0) is 32.3 Å². The molecule has 1 aliphatic heterocycles. The van der Waals surface area contributed by atoms with Gasteiger partial charge in [0, 0.05) is 19.3 Å². The van der Waals surface area contributed by atoms with Gasteiger partial charge >= 0.3 is 0 Å². The van der Waals surface area contributed by atoms with Gasteiger partial charge < -0.3 is 20.9 Å². The number of rotatable bonds is 4. The van der Waals surface area contributed by atoms with E-state index in [9.17, 15) is 0 Å². The first kappa shape index (κ1) is 16.1. The average molecular weight is 328 g/mol. The Bertz CT molecular complexity index is 556. The number of guanidine groups is 1. The molecule has 0 spiro atoms. The third-order valence-electron chi connectivity index (χ3n) is 3.10. The van der Waals surface area contributed by atoms with E-state index in [1.165, 1.54) is 0 Å². The zero-order valence-corrected chi connectivity index (χ0v) is 13.6. The van der Waals surface area contributed by atoms with Crippen LogP contribution in [-0.2, 0) is 0 Å². The maximum atomic E-state index is 6.20. The summed E-state index contributed by atoms with van der Waals surface area (Å²) in [5.74, 6) is 0.663. The van der Waals surface area contributed by atoms with Crippen molar-refractivity contribution in [1.82, 2.24) is 9.80 Å². The van der Waals surface area contributed by atoms with Gasteiger partial charge in [0.25, 0.3) is 0 Å². The molecule has 1 atom stereocenters. The summed E-state index contributed by atoms with van der Waals surface area (Å²) in [5.41, 5.74) is 6.83. The fraction of sp³-hybridized carbons (Fsp3) is 0.357. The minimum atomic E-state index is -0.220. The summed E-state index contributed by atoms with van der Waals surface area (Å²) < 4.78 is 0. The van der Waals surface area contributed by atoms with Gasteiger partial charge in [0.1, 0.15) is 6.17 Å². The Morgan fingerprint density at radius 3 is 2.86 bits per heavy atom. The highest BCUT2D eigenvalue weighted by Crippen LogP contribution is 2.29. The summed E-state index contributed by atoms with van der Waals surface area (Å²) in [5, 5.41) is 4.17. The Morgan fingerprint density at radius 2 is 2.14 bits per heavy atom. The van der Waals surface area contributed by atoms with Gasteiger partial charge in [-0.1, -0.05) is 29.3 Å². The lowest BCUT2D eigenvalue weighted by atomic mass is 10.3. The number of hydrogen-bond donors (Lipinski definition) is 2. The Hall–Kier alpha value is -1.27. The molecule has 0 saturated carbocycles. The lowest BCUT2D eigenvalue weighted by Gasteiger charge is -2.33. The third kappa shape index (κ3) is 4.11. The van der Waals surface area contributed by atoms with Gasteiger partial charge in [-0.2, -0.15) is 0 Å². The maximum Gasteiger partial charge on any atom is 0.204 e. The number of aliphatic imine (C=N–C) groups is 1. The van der Waals surface area contributed by atoms with Gasteiger partial charge in [0.2, 0.25) is 5.96 Å². The smallest absolute Gasteiger partial charge is 0.204 e. The first-order chi connectivity index (χ1) is 9.99. The molecule has 1 aliphatic rings. The van der Waals surface area contributed by atoms with Crippen LogP contribution in [0.2, 0.25) is 10.0 Å². The van der Waals surface area contributed by atoms with Crippen LogP contribution in [0.15, 0.2) is 35.5 Å². The molecule has 0 fully saturated rings. The highest BCUT2D eigenvalue weighted by Gasteiger charge is 2.20. The summed E-state index contributed by atoms with van der Waals surface area (Å²) in [6, 6.07) is 5.43. The summed E-state index contributed by atoms with van der Waals surface area (Å²) >= 11 is 12.2. The first-order valence-corrected chi connectivity index (χ1v) is 7.37. The minimum absolute atomic E-state index is 0.220. The van der Waals surface area contributed by atoms with Crippen LogP contribution in [0.1, 0.15) is 0 Å². The molecule has 0 saturated heterocycles. The molecule has 0 aliphatic carbocycles. The highest BCUT2D eigenvalue weighted by atomic mass is 35.5. The van der Waals surface area contributed by atoms with Crippen LogP contribution in [0.25, 0.3) is 0 Å². The van der Waals surface area contributed by atoms with Crippen LogP contribution in [0.4, 0.5) is 5.69 Å². The molecule has 1 aromatic rings. The van der Waals surface area contributed by atoms with Gasteiger partial charge in [-0.3, -0.25) is 0 Å². The van der Waals surface area contributed by atoms with Gasteiger partial charge in [0.05, 0.1) is 15.7 Å². The van der Waals surface area contributed by atoms with Crippen molar-refractivity contribution in [2.24, 2.45) is 10.7 Å². The van der Waals surface area contributed by atoms with Crippen molar-refractivity contribution in [3.05, 3.63) is 40.5 Å². The summed E-state index contributed by atoms with van der Waals surface area (Å²) in [7, 11) is 4.03. The molecule has 0 aromatic heterocycles. The van der Waals surface area contributed by atoms with E-state index >= 15 is 0 Å². The quantitative estimate of drug-likeness (QED) is 0.891. The molecule has 0 radical (unpaired) electrons. The van der Waals surface area contributed by atoms with E-state index in [0.29, 0.717) is 21.7 Å². The molecule has 2 rings (SSSR count). The second-order valence-electron chi connectivity index (χ2n) is 5.01. The SMILES string of the molecule is CN(C)CCN1C(Nc2cccc(Cl)c2Cl)=NC=CC1N. The average Bonchev–Trinajstić information content (AvgIpc) is 2.43. The molecule has 1 unspecified atom stereocenters. The van der Waals surface area contributed by atoms with Gasteiger partial charge in [0.15, 0.2) is 0 Å². The normalized spacial score (nSPS) is 18.1. The van der Waals surface area contributed by atoms with Crippen LogP contribution in [0, 0.1) is 0 Å². The Labute approximate surface area is 135 Å². The van der Waals surface area contributed by atoms with Gasteiger partial charge in [-0.15, -0.1) is 0 Å². The number of halogens is 2. The molecular weight excluding hydrogens is 309 g/mol. The summed E-state index contributed by atoms with van der Waals surface area (Å²) in [6.45, 7) is 1.62. The number of nitrogens with two attached hydrogens (primary N) is 1. The Kier molecular flexibility index (Phi) is 5.47. The third-order valence-corrected chi connectivity index (χ3v) is 3.92. The van der Waals surface area contributed by atoms with Crippen LogP contribution in [0.5, 0.6) is 0 Å². The number of nitrogens with one attached hydrogen (secondary N) is 1. The number of hydrogen-bond acceptors (Lipinski definition) is 5. The maximum absolute atomic E-state index is 6.20. The minimum Gasteiger partial charge on any atom is -0.324 e. The van der Waals surface area contributed by atoms with E-state index in [0.717, 1.165) is 13.1 Å². The van der Waals surface area contributed by atoms with E-state index in [-0.39, 0.29) is 6.17 Å². The number of anilines is 1. The molecule has 5 nitrogen and oxygen atoms in total. The molecule has 1 heterocycles. The first-order valence-electron chi connectivity index (χ1n) is 6.61. The van der Waals surface area contributed by atoms with Crippen LogP contribution < -0.4 is 11.1 Å². The topological polar surface area (TPSA) is 56.9 Å². The van der Waals surface area contributed by atoms with E-state index < -0.39 is 0 Å². The van der Waals surface area contributed by atoms with Crippen molar-refractivity contribution in [2.45, 2.75) is 6.17 Å². The Morgan fingerprint density at radius 1 is 1.38 bits per heavy atom. The molecule has 21 heavy (non-hydrogen) atoms. The fourth-order valence-corrected chi connectivity index (χ4v) is 2.26. The van der Waals surface area contributed by atoms with Crippen molar-refractivity contribution < 1.29 is 0 Å². The second kappa shape index (κ2) is 7.13. The molecular formula is C14H19Cl2N5. The van der Waals surface area contributed by atoms with Crippen molar-refractivity contribution in [2.75, 3.05) is 32.5 Å². The molecule has 114 valence electrons. The van der Waals surface area contributed by atoms with E-state index in [1.807, 2.05) is 37.2 Å². The van der Waals surface area contributed by atoms with Crippen molar-refractivity contribution in [3.63, 3.8) is 0 Å². The number of benzene rings is 1. The molecule has 0 amide bonds. The van der Waals surface area contributed by atoms with E-state index in [2.05, 4.69) is 15.2 Å². The molecule has 3 N–H and O–H groups in total. The monoisotopic (exact) mass is 327 g/mol. The zero-order chi connectivity index (χ0) is 15.4. The van der Waals surface area contributed by atoms with Crippen molar-refractivity contribution >= 4 is 34.8 Å². The van der Waals surface area contributed by atoms with Gasteiger partial charge in [-0.25, -0.2) is 4.99 Å². The van der Waals surface area contributed by atoms with Crippen molar-refractivity contribution in [3.8, 4) is 0 Å². The standard InChI is InChI=1S/C14H19Cl2N5/c1-20(2)8-9-21-12(17)6-7-18-14(21)19-11-5-3-4-10(15)13(11)16/h3-7,12H,8-9,17H2,1-2H3,(H,18,19). The van der Waals surface area contributed by atoms with E-state index in [1.54, 1.807) is 12.3 Å². The predicted octanol–water partition coefficient (Wildman–Crippen LogP) is 2.44. The lowest BCUT2D eigenvalue weighted by Crippen LogP contribution is -2.51. The van der Waals surface area contributed by atoms with E-state index in [4.69, 9.17) is 28.9 Å². The summed E-state index contributed by atoms with van der Waals surface area (Å²) in [4.78, 5) is 8.43. The zero-order valence-electron chi connectivity index (χ0n) is 12.1.